The first-order valence-electron chi connectivity index (χ1n) is 11.6. The fourth-order valence-electron chi connectivity index (χ4n) is 5.17. The number of carboxylic acids is 1. The Hall–Kier alpha value is -3.00. The Morgan fingerprint density at radius 1 is 1.11 bits per heavy atom. The molecule has 4 aromatic rings. The molecule has 35 heavy (non-hydrogen) atoms. The van der Waals surface area contributed by atoms with E-state index in [-0.39, 0.29) is 24.4 Å². The molecule has 8 heteroatoms. The van der Waals surface area contributed by atoms with Gasteiger partial charge in [0, 0.05) is 23.2 Å². The molecule has 6 rings (SSSR count). The molecule has 1 unspecified atom stereocenters. The molecule has 2 aromatic carbocycles. The molecule has 1 fully saturated rings. The highest BCUT2D eigenvalue weighted by molar-refractivity contribution is 7.08. The molecule has 0 spiro atoms. The van der Waals surface area contributed by atoms with E-state index in [0.717, 1.165) is 36.8 Å². The molecule has 2 aromatic heterocycles. The molecule has 0 saturated heterocycles. The van der Waals surface area contributed by atoms with Gasteiger partial charge in [-0.2, -0.15) is 16.3 Å². The zero-order valence-corrected chi connectivity index (χ0v) is 20.9. The predicted octanol–water partition coefficient (Wildman–Crippen LogP) is 6.30. The summed E-state index contributed by atoms with van der Waals surface area (Å²) in [7, 11) is 0. The number of aromatic nitrogens is 2. The van der Waals surface area contributed by atoms with Gasteiger partial charge in [0.05, 0.1) is 5.92 Å². The van der Waals surface area contributed by atoms with Gasteiger partial charge in [0.1, 0.15) is 0 Å². The molecule has 1 saturated carbocycles. The third kappa shape index (κ3) is 4.51. The molecule has 0 bridgehead atoms. The zero-order chi connectivity index (χ0) is 23.2. The van der Waals surface area contributed by atoms with Crippen molar-refractivity contribution in [3.63, 3.8) is 0 Å². The van der Waals surface area contributed by atoms with Crippen LogP contribution in [0.15, 0.2) is 57.7 Å². The van der Waals surface area contributed by atoms with Crippen LogP contribution in [0.3, 0.4) is 0 Å². The number of fused-ring (bicyclic) bond motifs is 1. The van der Waals surface area contributed by atoms with Crippen LogP contribution in [0.2, 0.25) is 0 Å². The number of carbonyl (C=O) groups is 1. The molecule has 6 nitrogen and oxygen atoms in total. The van der Waals surface area contributed by atoms with E-state index in [1.165, 1.54) is 27.8 Å². The summed E-state index contributed by atoms with van der Waals surface area (Å²) in [5.74, 6) is 0.247. The van der Waals surface area contributed by atoms with E-state index >= 15 is 0 Å². The number of benzene rings is 2. The van der Waals surface area contributed by atoms with Crippen LogP contribution in [-0.2, 0) is 11.2 Å². The predicted molar refractivity (Wildman–Crippen MR) is 139 cm³/mol. The van der Waals surface area contributed by atoms with Gasteiger partial charge in [-0.15, -0.1) is 12.4 Å². The Morgan fingerprint density at radius 3 is 2.69 bits per heavy atom. The number of aliphatic carboxylic acids is 1. The van der Waals surface area contributed by atoms with Crippen molar-refractivity contribution >= 4 is 29.7 Å². The highest BCUT2D eigenvalue weighted by Crippen LogP contribution is 2.37. The van der Waals surface area contributed by atoms with E-state index in [1.54, 1.807) is 11.3 Å². The maximum atomic E-state index is 11.1. The van der Waals surface area contributed by atoms with Crippen LogP contribution in [0.1, 0.15) is 42.0 Å². The number of aryl methyl sites for hydroxylation is 2. The first-order chi connectivity index (χ1) is 16.5. The van der Waals surface area contributed by atoms with Crippen LogP contribution in [0, 0.1) is 12.8 Å². The lowest BCUT2D eigenvalue weighted by atomic mass is 9.80. The third-order valence-corrected chi connectivity index (χ3v) is 7.82. The SMILES string of the molecule is Cc1cc(-c2nc(-c3ccc4c(c3)CCC4NC3CC(C(=O)O)C3)no2)ccc1-c1ccsc1.Cl. The minimum atomic E-state index is -0.678. The van der Waals surface area contributed by atoms with E-state index in [0.29, 0.717) is 17.8 Å². The molecule has 0 radical (unpaired) electrons. The summed E-state index contributed by atoms with van der Waals surface area (Å²) in [6.07, 6.45) is 3.46. The second-order valence-electron chi connectivity index (χ2n) is 9.34. The van der Waals surface area contributed by atoms with Gasteiger partial charge in [-0.1, -0.05) is 23.4 Å². The van der Waals surface area contributed by atoms with Crippen molar-refractivity contribution in [2.45, 2.75) is 44.7 Å². The second kappa shape index (κ2) is 9.57. The van der Waals surface area contributed by atoms with Crippen molar-refractivity contribution in [1.82, 2.24) is 15.5 Å². The van der Waals surface area contributed by atoms with Gasteiger partial charge in [0.25, 0.3) is 5.89 Å². The largest absolute Gasteiger partial charge is 0.481 e. The third-order valence-electron chi connectivity index (χ3n) is 7.13. The first-order valence-corrected chi connectivity index (χ1v) is 12.6. The van der Waals surface area contributed by atoms with Gasteiger partial charge in [0.15, 0.2) is 0 Å². The fraction of sp³-hybridized carbons (Fsp3) is 0.296. The number of thiophene rings is 1. The van der Waals surface area contributed by atoms with Gasteiger partial charge >= 0.3 is 5.97 Å². The second-order valence-corrected chi connectivity index (χ2v) is 10.1. The molecule has 0 amide bonds. The molecule has 1 atom stereocenters. The van der Waals surface area contributed by atoms with Crippen molar-refractivity contribution in [2.75, 3.05) is 0 Å². The van der Waals surface area contributed by atoms with Crippen LogP contribution in [-0.4, -0.2) is 27.3 Å². The quantitative estimate of drug-likeness (QED) is 0.318. The zero-order valence-electron chi connectivity index (χ0n) is 19.2. The average molecular weight is 508 g/mol. The number of rotatable bonds is 6. The van der Waals surface area contributed by atoms with Crippen molar-refractivity contribution in [3.05, 3.63) is 69.9 Å². The highest BCUT2D eigenvalue weighted by atomic mass is 35.5. The van der Waals surface area contributed by atoms with Gasteiger partial charge in [-0.25, -0.2) is 0 Å². The van der Waals surface area contributed by atoms with Crippen LogP contribution in [0.5, 0.6) is 0 Å². The monoisotopic (exact) mass is 507 g/mol. The number of hydrogen-bond acceptors (Lipinski definition) is 6. The Labute approximate surface area is 213 Å². The maximum absolute atomic E-state index is 11.1. The van der Waals surface area contributed by atoms with E-state index in [9.17, 15) is 4.79 Å². The smallest absolute Gasteiger partial charge is 0.306 e. The van der Waals surface area contributed by atoms with Gasteiger partial charge in [0.2, 0.25) is 5.82 Å². The van der Waals surface area contributed by atoms with Gasteiger partial charge in [-0.3, -0.25) is 4.79 Å². The lowest BCUT2D eigenvalue weighted by Gasteiger charge is -2.35. The maximum Gasteiger partial charge on any atom is 0.306 e. The van der Waals surface area contributed by atoms with Crippen molar-refractivity contribution in [1.29, 1.82) is 0 Å². The minimum absolute atomic E-state index is 0. The van der Waals surface area contributed by atoms with E-state index in [4.69, 9.17) is 9.63 Å². The summed E-state index contributed by atoms with van der Waals surface area (Å²) < 4.78 is 5.62. The van der Waals surface area contributed by atoms with Crippen LogP contribution >= 0.6 is 23.7 Å². The molecule has 2 aliphatic rings. The number of hydrogen-bond donors (Lipinski definition) is 2. The summed E-state index contributed by atoms with van der Waals surface area (Å²) in [6, 6.07) is 15.3. The van der Waals surface area contributed by atoms with Crippen LogP contribution in [0.4, 0.5) is 0 Å². The van der Waals surface area contributed by atoms with E-state index in [2.05, 4.69) is 69.5 Å². The Balaban J connectivity index is 0.00000253. The molecule has 2 heterocycles. The Morgan fingerprint density at radius 2 is 1.94 bits per heavy atom. The first kappa shape index (κ1) is 23.7. The average Bonchev–Trinajstić information content (AvgIpc) is 3.56. The van der Waals surface area contributed by atoms with Crippen LogP contribution < -0.4 is 5.32 Å². The summed E-state index contributed by atoms with van der Waals surface area (Å²) in [5, 5.41) is 21.2. The number of carboxylic acid groups (broad SMARTS) is 1. The number of nitrogens with zero attached hydrogens (tertiary/aromatic N) is 2. The lowest BCUT2D eigenvalue weighted by molar-refractivity contribution is -0.145. The molecule has 2 aliphatic carbocycles. The van der Waals surface area contributed by atoms with Crippen LogP contribution in [0.25, 0.3) is 34.0 Å². The fourth-order valence-corrected chi connectivity index (χ4v) is 5.82. The number of halogens is 1. The normalized spacial score (nSPS) is 20.7. The lowest BCUT2D eigenvalue weighted by Crippen LogP contribution is -2.45. The van der Waals surface area contributed by atoms with Gasteiger partial charge < -0.3 is 14.9 Å². The van der Waals surface area contributed by atoms with E-state index < -0.39 is 5.97 Å². The molecular weight excluding hydrogens is 482 g/mol. The number of nitrogens with one attached hydrogen (secondary N) is 1. The summed E-state index contributed by atoms with van der Waals surface area (Å²) in [6.45, 7) is 2.10. The standard InChI is InChI=1S/C27H25N3O3S.ClH/c1-15-10-18(3-5-22(15)19-8-9-34-14-19)26-29-25(30-33-26)17-2-6-23-16(11-17)4-7-24(23)28-21-12-20(13-21)27(31)32;/h2-3,5-6,8-11,14,20-21,24,28H,4,7,12-13H2,1H3,(H,31,32);1H. The Bertz CT molecular complexity index is 1360. The Kier molecular flexibility index (Phi) is 6.49. The summed E-state index contributed by atoms with van der Waals surface area (Å²) in [5.41, 5.74) is 8.08. The molecule has 180 valence electrons. The summed E-state index contributed by atoms with van der Waals surface area (Å²) in [4.78, 5) is 15.7. The summed E-state index contributed by atoms with van der Waals surface area (Å²) >= 11 is 1.69. The highest BCUT2D eigenvalue weighted by Gasteiger charge is 2.36. The molecule has 2 N–H and O–H groups in total. The van der Waals surface area contributed by atoms with Crippen molar-refractivity contribution in [2.24, 2.45) is 5.92 Å². The van der Waals surface area contributed by atoms with Crippen molar-refractivity contribution < 1.29 is 14.4 Å². The van der Waals surface area contributed by atoms with Crippen molar-refractivity contribution in [3.8, 4) is 34.0 Å². The minimum Gasteiger partial charge on any atom is -0.481 e. The molecule has 0 aliphatic heterocycles. The topological polar surface area (TPSA) is 88.2 Å². The van der Waals surface area contributed by atoms with Gasteiger partial charge in [-0.05, 0) is 95.4 Å². The van der Waals surface area contributed by atoms with E-state index in [1.807, 2.05) is 6.07 Å². The molecular formula is C27H26ClN3O3S.